The lowest BCUT2D eigenvalue weighted by molar-refractivity contribution is -0.114. The fourth-order valence-electron chi connectivity index (χ4n) is 1.90. The Labute approximate surface area is 125 Å². The van der Waals surface area contributed by atoms with Crippen LogP contribution in [0.3, 0.4) is 0 Å². The molecule has 0 aliphatic heterocycles. The van der Waals surface area contributed by atoms with Crippen LogP contribution in [0.1, 0.15) is 28.9 Å². The molecule has 0 fully saturated rings. The van der Waals surface area contributed by atoms with Gasteiger partial charge in [0.2, 0.25) is 5.91 Å². The van der Waals surface area contributed by atoms with Gasteiger partial charge >= 0.3 is 0 Å². The SMILES string of the molecule is CC(=O)Nc1cc(C(=O)C(N=O)c2ccc(F)cc2)ccn1. The van der Waals surface area contributed by atoms with Crippen molar-refractivity contribution in [3.05, 3.63) is 64.4 Å². The summed E-state index contributed by atoms with van der Waals surface area (Å²) in [5, 5.41) is 5.27. The largest absolute Gasteiger partial charge is 0.311 e. The number of carbonyl (C=O) groups excluding carboxylic acids is 2. The fraction of sp³-hybridized carbons (Fsp3) is 0.133. The number of pyridine rings is 1. The van der Waals surface area contributed by atoms with Gasteiger partial charge in [-0.15, -0.1) is 4.91 Å². The minimum Gasteiger partial charge on any atom is -0.311 e. The lowest BCUT2D eigenvalue weighted by atomic mass is 9.99. The predicted octanol–water partition coefficient (Wildman–Crippen LogP) is 2.87. The Morgan fingerprint density at radius 3 is 2.50 bits per heavy atom. The van der Waals surface area contributed by atoms with Crippen LogP contribution in [0, 0.1) is 10.7 Å². The van der Waals surface area contributed by atoms with E-state index < -0.39 is 17.6 Å². The van der Waals surface area contributed by atoms with Crippen LogP contribution < -0.4 is 5.32 Å². The summed E-state index contributed by atoms with van der Waals surface area (Å²) in [6, 6.07) is 6.44. The van der Waals surface area contributed by atoms with Gasteiger partial charge in [0.1, 0.15) is 11.6 Å². The molecule has 1 heterocycles. The standard InChI is InChI=1S/C15H12FN3O3/c1-9(20)18-13-8-11(6-7-17-13)15(21)14(19-22)10-2-4-12(16)5-3-10/h2-8,14H,1H3,(H,17,18,20). The van der Waals surface area contributed by atoms with E-state index in [-0.39, 0.29) is 17.3 Å². The summed E-state index contributed by atoms with van der Waals surface area (Å²) in [5.41, 5.74) is 0.465. The first-order valence-corrected chi connectivity index (χ1v) is 6.37. The summed E-state index contributed by atoms with van der Waals surface area (Å²) in [5.74, 6) is -1.17. The number of aromatic nitrogens is 1. The van der Waals surface area contributed by atoms with Gasteiger partial charge in [-0.25, -0.2) is 9.37 Å². The highest BCUT2D eigenvalue weighted by Gasteiger charge is 2.23. The molecule has 6 nitrogen and oxygen atoms in total. The van der Waals surface area contributed by atoms with E-state index in [1.165, 1.54) is 37.4 Å². The summed E-state index contributed by atoms with van der Waals surface area (Å²) in [7, 11) is 0. The van der Waals surface area contributed by atoms with Gasteiger partial charge in [0.25, 0.3) is 0 Å². The van der Waals surface area contributed by atoms with Crippen LogP contribution in [0.4, 0.5) is 10.2 Å². The Bertz CT molecular complexity index is 716. The molecule has 2 aromatic rings. The maximum atomic E-state index is 12.9. The Kier molecular flexibility index (Phi) is 4.67. The second-order valence-corrected chi connectivity index (χ2v) is 4.53. The molecule has 1 amide bonds. The van der Waals surface area contributed by atoms with Gasteiger partial charge < -0.3 is 5.32 Å². The van der Waals surface area contributed by atoms with Crippen LogP contribution >= 0.6 is 0 Å². The van der Waals surface area contributed by atoms with E-state index in [0.717, 1.165) is 12.1 Å². The maximum Gasteiger partial charge on any atom is 0.222 e. The molecule has 1 aromatic heterocycles. The van der Waals surface area contributed by atoms with Crippen LogP contribution in [0.15, 0.2) is 47.8 Å². The van der Waals surface area contributed by atoms with Crippen molar-refractivity contribution in [3.63, 3.8) is 0 Å². The third-order valence-corrected chi connectivity index (χ3v) is 2.89. The molecule has 1 N–H and O–H groups in total. The van der Waals surface area contributed by atoms with E-state index in [9.17, 15) is 18.9 Å². The molecule has 0 aliphatic carbocycles. The van der Waals surface area contributed by atoms with Crippen molar-refractivity contribution < 1.29 is 14.0 Å². The van der Waals surface area contributed by atoms with E-state index in [1.54, 1.807) is 0 Å². The number of nitrogens with one attached hydrogen (secondary N) is 1. The Hall–Kier alpha value is -2.96. The van der Waals surface area contributed by atoms with E-state index in [1.807, 2.05) is 0 Å². The minimum atomic E-state index is -1.28. The van der Waals surface area contributed by atoms with Gasteiger partial charge in [0, 0.05) is 18.7 Å². The molecule has 0 saturated carbocycles. The third-order valence-electron chi connectivity index (χ3n) is 2.89. The van der Waals surface area contributed by atoms with Crippen LogP contribution in [0.2, 0.25) is 0 Å². The average molecular weight is 301 g/mol. The first kappa shape index (κ1) is 15.4. The predicted molar refractivity (Wildman–Crippen MR) is 77.8 cm³/mol. The zero-order valence-corrected chi connectivity index (χ0v) is 11.6. The smallest absolute Gasteiger partial charge is 0.222 e. The quantitative estimate of drug-likeness (QED) is 0.679. The van der Waals surface area contributed by atoms with E-state index in [0.29, 0.717) is 5.56 Å². The molecule has 1 aromatic carbocycles. The molecule has 0 aliphatic rings. The normalized spacial score (nSPS) is 11.5. The molecule has 0 spiro atoms. The molecule has 0 saturated heterocycles. The minimum absolute atomic E-state index is 0.174. The number of hydrogen-bond donors (Lipinski definition) is 1. The molecule has 22 heavy (non-hydrogen) atoms. The summed E-state index contributed by atoms with van der Waals surface area (Å²) in [4.78, 5) is 38.3. The molecule has 1 unspecified atom stereocenters. The van der Waals surface area contributed by atoms with Crippen molar-refractivity contribution in [1.82, 2.24) is 4.98 Å². The Balaban J connectivity index is 2.30. The zero-order valence-electron chi connectivity index (χ0n) is 11.6. The molecule has 0 radical (unpaired) electrons. The summed E-state index contributed by atoms with van der Waals surface area (Å²) >= 11 is 0. The third kappa shape index (κ3) is 3.57. The summed E-state index contributed by atoms with van der Waals surface area (Å²) in [6.07, 6.45) is 1.34. The highest BCUT2D eigenvalue weighted by Crippen LogP contribution is 2.23. The maximum absolute atomic E-state index is 12.9. The second-order valence-electron chi connectivity index (χ2n) is 4.53. The van der Waals surface area contributed by atoms with E-state index in [2.05, 4.69) is 15.5 Å². The van der Waals surface area contributed by atoms with Gasteiger partial charge in [0.05, 0.1) is 0 Å². The van der Waals surface area contributed by atoms with Crippen LogP contribution in [-0.2, 0) is 4.79 Å². The van der Waals surface area contributed by atoms with Crippen LogP contribution in [0.25, 0.3) is 0 Å². The monoisotopic (exact) mass is 301 g/mol. The topological polar surface area (TPSA) is 88.5 Å². The van der Waals surface area contributed by atoms with Crippen molar-refractivity contribution in [3.8, 4) is 0 Å². The molecule has 2 rings (SSSR count). The zero-order chi connectivity index (χ0) is 16.1. The number of amides is 1. The number of hydrogen-bond acceptors (Lipinski definition) is 5. The second kappa shape index (κ2) is 6.66. The lowest BCUT2D eigenvalue weighted by Crippen LogP contribution is -2.13. The van der Waals surface area contributed by atoms with Crippen molar-refractivity contribution in [2.75, 3.05) is 5.32 Å². The van der Waals surface area contributed by atoms with Gasteiger partial charge in [-0.3, -0.25) is 9.59 Å². The number of nitrogens with zero attached hydrogens (tertiary/aromatic N) is 2. The molecule has 1 atom stereocenters. The number of halogens is 1. The number of nitroso groups, excluding NO2 is 1. The highest BCUT2D eigenvalue weighted by molar-refractivity contribution is 6.01. The Morgan fingerprint density at radius 2 is 1.91 bits per heavy atom. The van der Waals surface area contributed by atoms with Crippen molar-refractivity contribution in [2.45, 2.75) is 13.0 Å². The number of anilines is 1. The summed E-state index contributed by atoms with van der Waals surface area (Å²) in [6.45, 7) is 1.31. The first-order chi connectivity index (χ1) is 10.5. The van der Waals surface area contributed by atoms with Gasteiger partial charge in [-0.2, -0.15) is 0 Å². The first-order valence-electron chi connectivity index (χ1n) is 6.37. The number of benzene rings is 1. The number of ketones is 1. The highest BCUT2D eigenvalue weighted by atomic mass is 19.1. The average Bonchev–Trinajstić information content (AvgIpc) is 2.49. The van der Waals surface area contributed by atoms with Gasteiger partial charge in [-0.05, 0) is 29.8 Å². The van der Waals surface area contributed by atoms with E-state index in [4.69, 9.17) is 0 Å². The van der Waals surface area contributed by atoms with E-state index >= 15 is 0 Å². The molecule has 112 valence electrons. The van der Waals surface area contributed by atoms with Gasteiger partial charge in [-0.1, -0.05) is 17.3 Å². The number of rotatable bonds is 5. The van der Waals surface area contributed by atoms with Crippen LogP contribution in [-0.4, -0.2) is 16.7 Å². The lowest BCUT2D eigenvalue weighted by Gasteiger charge is -2.09. The Morgan fingerprint density at radius 1 is 1.23 bits per heavy atom. The summed E-state index contributed by atoms with van der Waals surface area (Å²) < 4.78 is 12.9. The molecule has 7 heteroatoms. The van der Waals surface area contributed by atoms with Crippen molar-refractivity contribution in [2.24, 2.45) is 5.18 Å². The molecular weight excluding hydrogens is 289 g/mol. The van der Waals surface area contributed by atoms with Crippen molar-refractivity contribution in [1.29, 1.82) is 0 Å². The molecule has 0 bridgehead atoms. The van der Waals surface area contributed by atoms with Crippen LogP contribution in [0.5, 0.6) is 0 Å². The number of carbonyl (C=O) groups is 2. The fourth-order valence-corrected chi connectivity index (χ4v) is 1.90. The van der Waals surface area contributed by atoms with Crippen molar-refractivity contribution >= 4 is 17.5 Å². The number of Topliss-reactive ketones (excluding diaryl/α,β-unsaturated/α-hetero) is 1. The molecular formula is C15H12FN3O3. The van der Waals surface area contributed by atoms with Gasteiger partial charge in [0.15, 0.2) is 11.8 Å².